The predicted octanol–water partition coefficient (Wildman–Crippen LogP) is 7.74. The van der Waals surface area contributed by atoms with Crippen LogP contribution in [-0.2, 0) is 0 Å². The summed E-state index contributed by atoms with van der Waals surface area (Å²) in [4.78, 5) is 17.4. The summed E-state index contributed by atoms with van der Waals surface area (Å²) in [5, 5.41) is 1.31. The van der Waals surface area contributed by atoms with Crippen LogP contribution in [0.5, 0.6) is 11.8 Å². The molecule has 0 amide bonds. The van der Waals surface area contributed by atoms with Crippen LogP contribution in [0.4, 0.5) is 14.5 Å². The Balaban J connectivity index is 0.000000169. The molecular weight excluding hydrogens is 560 g/mol. The van der Waals surface area contributed by atoms with E-state index in [4.69, 9.17) is 31.8 Å². The number of rotatable bonds is 4. The van der Waals surface area contributed by atoms with Gasteiger partial charge in [0.15, 0.2) is 0 Å². The minimum atomic E-state index is -0.727. The maximum Gasteiger partial charge on any atom is 0.212 e. The van der Waals surface area contributed by atoms with Crippen molar-refractivity contribution in [1.29, 1.82) is 0 Å². The van der Waals surface area contributed by atoms with Crippen LogP contribution < -0.4 is 15.2 Å². The molecule has 0 aliphatic rings. The molecule has 4 aromatic heterocycles. The minimum absolute atomic E-state index is 0.116. The first-order chi connectivity index (χ1) is 20.2. The number of aromatic nitrogens is 4. The standard InChI is InChI=1S/C16H11ClF2N2O.C16H15N3O/c1-8-15(17)14-11(19)5-10(18)6-12(14)21-16(8)9-3-4-13(22-2)20-7-9;1-10-15(17)12-5-3-4-6-13(12)19-16(10)11-7-8-14(20-2)18-9-11/h3-7H,1-2H3;3-9H,1-2H3,(H2,17,19). The zero-order chi connectivity index (χ0) is 30.0. The Morgan fingerprint density at radius 3 is 1.88 bits per heavy atom. The smallest absolute Gasteiger partial charge is 0.212 e. The second-order valence-corrected chi connectivity index (χ2v) is 9.75. The molecule has 0 radical (unpaired) electrons. The molecule has 0 bridgehead atoms. The fraction of sp³-hybridized carbons (Fsp3) is 0.125. The number of methoxy groups -OCH3 is 2. The van der Waals surface area contributed by atoms with Crippen molar-refractivity contribution in [2.45, 2.75) is 13.8 Å². The number of hydrogen-bond acceptors (Lipinski definition) is 7. The fourth-order valence-electron chi connectivity index (χ4n) is 4.54. The maximum atomic E-state index is 13.9. The van der Waals surface area contributed by atoms with E-state index in [-0.39, 0.29) is 15.9 Å². The minimum Gasteiger partial charge on any atom is -0.481 e. The van der Waals surface area contributed by atoms with Crippen molar-refractivity contribution >= 4 is 39.1 Å². The Morgan fingerprint density at radius 2 is 1.31 bits per heavy atom. The van der Waals surface area contributed by atoms with E-state index in [9.17, 15) is 8.78 Å². The SMILES string of the molecule is COc1ccc(-c2nc3cc(F)cc(F)c3c(Cl)c2C)cn1.COc1ccc(-c2nc3ccccc3c(N)c2C)cn1. The number of nitrogen functional groups attached to an aromatic ring is 1. The summed E-state index contributed by atoms with van der Waals surface area (Å²) >= 11 is 6.25. The van der Waals surface area contributed by atoms with Crippen LogP contribution in [0.2, 0.25) is 5.02 Å². The monoisotopic (exact) mass is 585 g/mol. The van der Waals surface area contributed by atoms with Gasteiger partial charge in [-0.05, 0) is 43.2 Å². The van der Waals surface area contributed by atoms with Gasteiger partial charge in [-0.25, -0.2) is 28.7 Å². The third kappa shape index (κ3) is 5.51. The summed E-state index contributed by atoms with van der Waals surface area (Å²) in [7, 11) is 3.11. The lowest BCUT2D eigenvalue weighted by molar-refractivity contribution is 0.398. The van der Waals surface area contributed by atoms with E-state index in [0.29, 0.717) is 28.6 Å². The molecule has 0 atom stereocenters. The van der Waals surface area contributed by atoms with E-state index in [2.05, 4.69) is 15.0 Å². The molecule has 0 saturated carbocycles. The molecule has 2 aromatic carbocycles. The molecule has 42 heavy (non-hydrogen) atoms. The highest BCUT2D eigenvalue weighted by atomic mass is 35.5. The van der Waals surface area contributed by atoms with Gasteiger partial charge < -0.3 is 15.2 Å². The Labute approximate surface area is 246 Å². The number of anilines is 1. The quantitative estimate of drug-likeness (QED) is 0.226. The van der Waals surface area contributed by atoms with Crippen LogP contribution in [0.3, 0.4) is 0 Å². The Kier molecular flexibility index (Phi) is 8.13. The number of ether oxygens (including phenoxy) is 2. The second kappa shape index (κ2) is 11.9. The van der Waals surface area contributed by atoms with Crippen LogP contribution in [0, 0.1) is 25.5 Å². The van der Waals surface area contributed by atoms with Crippen molar-refractivity contribution in [3.8, 4) is 34.3 Å². The molecule has 10 heteroatoms. The first-order valence-electron chi connectivity index (χ1n) is 12.8. The van der Waals surface area contributed by atoms with E-state index in [0.717, 1.165) is 45.5 Å². The number of nitrogens with two attached hydrogens (primary N) is 1. The van der Waals surface area contributed by atoms with Gasteiger partial charge in [0, 0.05) is 58.9 Å². The van der Waals surface area contributed by atoms with E-state index in [1.54, 1.807) is 38.6 Å². The van der Waals surface area contributed by atoms with E-state index >= 15 is 0 Å². The molecule has 0 aliphatic carbocycles. The van der Waals surface area contributed by atoms with Crippen molar-refractivity contribution in [1.82, 2.24) is 19.9 Å². The molecule has 0 aliphatic heterocycles. The summed E-state index contributed by atoms with van der Waals surface area (Å²) in [6, 6.07) is 17.0. The molecular formula is C32H26ClF2N5O2. The van der Waals surface area contributed by atoms with Crippen LogP contribution in [0.15, 0.2) is 73.1 Å². The van der Waals surface area contributed by atoms with Gasteiger partial charge in [0.2, 0.25) is 11.8 Å². The Morgan fingerprint density at radius 1 is 0.738 bits per heavy atom. The zero-order valence-electron chi connectivity index (χ0n) is 23.2. The third-order valence-electron chi connectivity index (χ3n) is 6.79. The van der Waals surface area contributed by atoms with Crippen molar-refractivity contribution in [2.75, 3.05) is 20.0 Å². The number of benzene rings is 2. The Hall–Kier alpha value is -4.89. The van der Waals surface area contributed by atoms with Gasteiger partial charge in [-0.15, -0.1) is 0 Å². The number of para-hydroxylation sites is 1. The zero-order valence-corrected chi connectivity index (χ0v) is 24.0. The topological polar surface area (TPSA) is 96.0 Å². The molecule has 2 N–H and O–H groups in total. The van der Waals surface area contributed by atoms with Gasteiger partial charge in [0.05, 0.1) is 47.0 Å². The highest BCUT2D eigenvalue weighted by Crippen LogP contribution is 2.35. The van der Waals surface area contributed by atoms with Gasteiger partial charge in [-0.1, -0.05) is 29.8 Å². The molecule has 212 valence electrons. The highest BCUT2D eigenvalue weighted by molar-refractivity contribution is 6.36. The van der Waals surface area contributed by atoms with E-state index < -0.39 is 11.6 Å². The number of hydrogen-bond donors (Lipinski definition) is 1. The predicted molar refractivity (Wildman–Crippen MR) is 162 cm³/mol. The van der Waals surface area contributed by atoms with Crippen molar-refractivity contribution < 1.29 is 18.3 Å². The molecule has 4 heterocycles. The van der Waals surface area contributed by atoms with Crippen LogP contribution in [0.1, 0.15) is 11.1 Å². The fourth-order valence-corrected chi connectivity index (χ4v) is 4.81. The normalized spacial score (nSPS) is 10.8. The first kappa shape index (κ1) is 28.6. The molecule has 6 rings (SSSR count). The summed E-state index contributed by atoms with van der Waals surface area (Å²) in [5.74, 6) is -0.378. The number of nitrogens with zero attached hydrogens (tertiary/aromatic N) is 4. The average Bonchev–Trinajstić information content (AvgIpc) is 3.01. The van der Waals surface area contributed by atoms with Crippen molar-refractivity contribution in [2.24, 2.45) is 0 Å². The lowest BCUT2D eigenvalue weighted by Crippen LogP contribution is -1.98. The summed E-state index contributed by atoms with van der Waals surface area (Å²) in [5.41, 5.74) is 12.6. The van der Waals surface area contributed by atoms with E-state index in [1.807, 2.05) is 43.3 Å². The summed E-state index contributed by atoms with van der Waals surface area (Å²) < 4.78 is 37.4. The van der Waals surface area contributed by atoms with Gasteiger partial charge >= 0.3 is 0 Å². The van der Waals surface area contributed by atoms with Crippen LogP contribution in [-0.4, -0.2) is 34.2 Å². The highest BCUT2D eigenvalue weighted by Gasteiger charge is 2.16. The number of fused-ring (bicyclic) bond motifs is 2. The summed E-state index contributed by atoms with van der Waals surface area (Å²) in [6.07, 6.45) is 3.33. The van der Waals surface area contributed by atoms with Crippen LogP contribution >= 0.6 is 11.6 Å². The molecule has 0 unspecified atom stereocenters. The third-order valence-corrected chi connectivity index (χ3v) is 7.27. The number of halogens is 3. The van der Waals surface area contributed by atoms with Gasteiger partial charge in [-0.3, -0.25) is 0 Å². The van der Waals surface area contributed by atoms with Gasteiger partial charge in [-0.2, -0.15) is 0 Å². The lowest BCUT2D eigenvalue weighted by Gasteiger charge is -2.11. The van der Waals surface area contributed by atoms with Crippen molar-refractivity contribution in [3.63, 3.8) is 0 Å². The average molecular weight is 586 g/mol. The number of pyridine rings is 4. The summed E-state index contributed by atoms with van der Waals surface area (Å²) in [6.45, 7) is 3.71. The van der Waals surface area contributed by atoms with Crippen LogP contribution in [0.25, 0.3) is 44.3 Å². The van der Waals surface area contributed by atoms with Crippen molar-refractivity contribution in [3.05, 3.63) is 101 Å². The van der Waals surface area contributed by atoms with Gasteiger partial charge in [0.1, 0.15) is 11.6 Å². The molecule has 0 fully saturated rings. The lowest BCUT2D eigenvalue weighted by atomic mass is 10.0. The molecule has 0 saturated heterocycles. The Bertz CT molecular complexity index is 1920. The maximum absolute atomic E-state index is 13.9. The largest absolute Gasteiger partial charge is 0.481 e. The molecule has 0 spiro atoms. The van der Waals surface area contributed by atoms with Gasteiger partial charge in [0.25, 0.3) is 0 Å². The molecule has 6 aromatic rings. The first-order valence-corrected chi connectivity index (χ1v) is 13.2. The van der Waals surface area contributed by atoms with E-state index in [1.165, 1.54) is 7.11 Å². The second-order valence-electron chi connectivity index (χ2n) is 9.38. The molecule has 7 nitrogen and oxygen atoms in total.